The number of carbonyl (C=O) groups excluding carboxylic acids is 1. The molecule has 4 fully saturated rings. The van der Waals surface area contributed by atoms with Gasteiger partial charge in [-0.15, -0.1) is 0 Å². The van der Waals surface area contributed by atoms with Crippen molar-refractivity contribution in [3.05, 3.63) is 6.92 Å². The number of carboxylic acids is 2. The number of carboxylic acid groups (broad SMARTS) is 2. The molecule has 45 heteroatoms. The number of hydrogen-bond donors (Lipinski definition) is 16. The number of aliphatic hydroxyl groups excluding tert-OH is 7. The van der Waals surface area contributed by atoms with Gasteiger partial charge in [0.25, 0.3) is 0 Å². The Kier molecular flexibility index (Phi) is 23.2. The van der Waals surface area contributed by atoms with Gasteiger partial charge in [-0.3, -0.25) is 27.6 Å². The number of hydrogen-bond acceptors (Lipinski definition) is 31. The molecule has 4 saturated heterocycles. The van der Waals surface area contributed by atoms with Crippen LogP contribution >= 0.6 is 0 Å². The summed E-state index contributed by atoms with van der Waals surface area (Å²) < 4.78 is 222. The molecule has 20 atom stereocenters. The molecular formula is C29H49N2O38S5. The lowest BCUT2D eigenvalue weighted by atomic mass is 9.94. The van der Waals surface area contributed by atoms with E-state index in [0.29, 0.717) is 6.42 Å². The Morgan fingerprint density at radius 3 is 1.43 bits per heavy atom. The molecule has 433 valence electrons. The predicted octanol–water partition coefficient (Wildman–Crippen LogP) is -10.5. The SMILES string of the molecule is CC(=O)N[C@@H]1[C@@H](O)[C@H](O[C@@H]2O[C@H](C(=O)O)[C@@H](O[C@@H]3O[C@H](CO)[C@@H](O[C@H]4O[C@@H](C(=O)O)[C@H](O)[C@@H](O)[C@@H]4OS(=O)(=O)O)[C@H](OS(=O)(=O)O)[C@H]3NS(=O)(=O)O)[C@H](O)[C@H]2OS(=O)(=O)O)[C@H](COS(=O)(=O)O)O[C@H]1O.[CH2]CCO. The van der Waals surface area contributed by atoms with Gasteiger partial charge in [0.1, 0.15) is 73.1 Å². The lowest BCUT2D eigenvalue weighted by Crippen LogP contribution is -2.71. The van der Waals surface area contributed by atoms with Gasteiger partial charge in [-0.25, -0.2) is 26.3 Å². The van der Waals surface area contributed by atoms with Crippen LogP contribution < -0.4 is 10.0 Å². The molecule has 0 aromatic carbocycles. The maximum absolute atomic E-state index is 12.7. The van der Waals surface area contributed by atoms with Crippen LogP contribution in [0.15, 0.2) is 0 Å². The fourth-order valence-corrected chi connectivity index (χ4v) is 9.43. The highest BCUT2D eigenvalue weighted by molar-refractivity contribution is 7.83. The van der Waals surface area contributed by atoms with Crippen LogP contribution in [0.1, 0.15) is 13.3 Å². The first-order chi connectivity index (χ1) is 33.7. The van der Waals surface area contributed by atoms with Crippen molar-refractivity contribution in [1.29, 1.82) is 0 Å². The Hall–Kier alpha value is -2.80. The Labute approximate surface area is 416 Å². The smallest absolute Gasteiger partial charge is 0.397 e. The van der Waals surface area contributed by atoms with Crippen molar-refractivity contribution in [2.24, 2.45) is 0 Å². The van der Waals surface area contributed by atoms with Crippen LogP contribution in [-0.2, 0) is 116 Å². The van der Waals surface area contributed by atoms with Crippen molar-refractivity contribution in [2.45, 2.75) is 136 Å². The fraction of sp³-hybridized carbons (Fsp3) is 0.862. The molecule has 16 N–H and O–H groups in total. The summed E-state index contributed by atoms with van der Waals surface area (Å²) in [6.07, 6.45) is -48.4. The van der Waals surface area contributed by atoms with Gasteiger partial charge in [-0.1, -0.05) is 6.92 Å². The van der Waals surface area contributed by atoms with Crippen molar-refractivity contribution < 1.29 is 175 Å². The van der Waals surface area contributed by atoms with E-state index in [0.717, 1.165) is 6.92 Å². The third-order valence-corrected chi connectivity index (χ3v) is 12.2. The molecular weight excluding hydrogens is 1140 g/mol. The molecule has 1 radical (unpaired) electrons. The van der Waals surface area contributed by atoms with E-state index in [1.807, 2.05) is 5.32 Å². The minimum absolute atomic E-state index is 0.208. The van der Waals surface area contributed by atoms with E-state index in [1.54, 1.807) is 0 Å². The standard InChI is InChI=1S/C26H42N2O37S5.C3H7O/c1-4(30)27-7-9(31)13(6(56-23(7)39)3-55-67(43,44)45)58-26-19(65-70(52,53)54)12(34)16(20(62-26)22(37)38)60-24-8(28-66(40,41)42)15(63-68(46,47)48)14(5(2-29)57-24)59-25-18(64-69(49,50)51)11(33)10(32)17(61-25)21(35)36;1-2-3-4/h5-20,23-26,28-29,31-34,39H,2-3H2,1H3,(H,27,30)(H,35,36)(H,37,38)(H,40,41,42)(H,43,44,45)(H,46,47,48)(H,49,50,51)(H,52,53,54);4H,1-3H2/t5-,6+,7-,8-,9-,10-,11-,12+,13-,14-,15-,16+,17-,18+,19-,20+,23-,24+,25+,26-;/m1./s1. The van der Waals surface area contributed by atoms with E-state index in [4.69, 9.17) is 42.8 Å². The second kappa shape index (κ2) is 26.2. The average Bonchev–Trinajstić information content (AvgIpc) is 3.23. The summed E-state index contributed by atoms with van der Waals surface area (Å²) in [5, 5.41) is 93.8. The van der Waals surface area contributed by atoms with Crippen LogP contribution in [-0.4, -0.2) is 271 Å². The minimum Gasteiger partial charge on any atom is -0.479 e. The van der Waals surface area contributed by atoms with E-state index in [-0.39, 0.29) is 6.61 Å². The fourth-order valence-electron chi connectivity index (χ4n) is 7.05. The summed E-state index contributed by atoms with van der Waals surface area (Å²) in [5.74, 6) is -5.49. The van der Waals surface area contributed by atoms with Crippen LogP contribution in [0.4, 0.5) is 0 Å². The molecule has 0 spiro atoms. The highest BCUT2D eigenvalue weighted by Gasteiger charge is 2.60. The molecule has 4 aliphatic rings. The zero-order valence-corrected chi connectivity index (χ0v) is 40.8. The first kappa shape index (κ1) is 65.5. The second-order valence-corrected chi connectivity index (χ2v) is 20.6. The van der Waals surface area contributed by atoms with Gasteiger partial charge < -0.3 is 84.4 Å². The molecule has 40 nitrogen and oxygen atoms in total. The van der Waals surface area contributed by atoms with Crippen molar-refractivity contribution in [3.8, 4) is 0 Å². The van der Waals surface area contributed by atoms with Crippen LogP contribution in [0.2, 0.25) is 0 Å². The Morgan fingerprint density at radius 2 is 1.00 bits per heavy atom. The van der Waals surface area contributed by atoms with Gasteiger partial charge in [-0.2, -0.15) is 46.8 Å². The summed E-state index contributed by atoms with van der Waals surface area (Å²) in [5.41, 5.74) is 0. The van der Waals surface area contributed by atoms with Gasteiger partial charge in [-0.05, 0) is 6.42 Å². The molecule has 0 saturated carbocycles. The normalized spacial score (nSPS) is 37.5. The van der Waals surface area contributed by atoms with Gasteiger partial charge in [0, 0.05) is 13.5 Å². The first-order valence-electron chi connectivity index (χ1n) is 19.8. The van der Waals surface area contributed by atoms with E-state index < -0.39 is 206 Å². The molecule has 0 bridgehead atoms. The molecule has 0 aromatic rings. The topological polar surface area (TPSA) is 631 Å². The molecule has 4 rings (SSSR count). The number of ether oxygens (including phenoxy) is 7. The maximum atomic E-state index is 12.7. The van der Waals surface area contributed by atoms with Gasteiger partial charge in [0.05, 0.1) is 13.2 Å². The minimum atomic E-state index is -6.09. The highest BCUT2D eigenvalue weighted by Crippen LogP contribution is 2.37. The average molecular weight is 1190 g/mol. The van der Waals surface area contributed by atoms with E-state index in [1.165, 1.54) is 4.72 Å². The number of carbonyl (C=O) groups is 3. The Morgan fingerprint density at radius 1 is 0.541 bits per heavy atom. The van der Waals surface area contributed by atoms with E-state index in [2.05, 4.69) is 23.7 Å². The zero-order valence-electron chi connectivity index (χ0n) is 36.7. The molecule has 4 heterocycles. The number of aliphatic carboxylic acids is 2. The van der Waals surface area contributed by atoms with Gasteiger partial charge >= 0.3 is 63.8 Å². The molecule has 4 aliphatic heterocycles. The Balaban J connectivity index is 0.00000348. The van der Waals surface area contributed by atoms with Gasteiger partial charge in [0.15, 0.2) is 49.6 Å². The summed E-state index contributed by atoms with van der Waals surface area (Å²) in [4.78, 5) is 36.4. The number of aliphatic hydroxyl groups is 7. The number of rotatable bonds is 22. The third-order valence-electron chi connectivity index (χ3n) is 9.84. The van der Waals surface area contributed by atoms with Crippen LogP contribution in [0.3, 0.4) is 0 Å². The summed E-state index contributed by atoms with van der Waals surface area (Å²) in [6.45, 7) is 1.32. The maximum Gasteiger partial charge on any atom is 0.397 e. The molecule has 74 heavy (non-hydrogen) atoms. The lowest BCUT2D eigenvalue weighted by Gasteiger charge is -2.50. The lowest BCUT2D eigenvalue weighted by molar-refractivity contribution is -0.366. The van der Waals surface area contributed by atoms with Gasteiger partial charge in [0.2, 0.25) is 5.91 Å². The van der Waals surface area contributed by atoms with Crippen molar-refractivity contribution >= 4 is 69.7 Å². The van der Waals surface area contributed by atoms with E-state index in [9.17, 15) is 116 Å². The summed E-state index contributed by atoms with van der Waals surface area (Å²) in [7, 11) is -29.1. The zero-order chi connectivity index (χ0) is 56.8. The summed E-state index contributed by atoms with van der Waals surface area (Å²) >= 11 is 0. The third kappa shape index (κ3) is 19.0. The second-order valence-electron chi connectivity index (χ2n) is 15.2. The first-order valence-corrected chi connectivity index (χ1v) is 26.7. The van der Waals surface area contributed by atoms with Crippen molar-refractivity contribution in [3.63, 3.8) is 0 Å². The molecule has 0 aromatic heterocycles. The molecule has 0 aliphatic carbocycles. The van der Waals surface area contributed by atoms with E-state index >= 15 is 0 Å². The van der Waals surface area contributed by atoms with Crippen LogP contribution in [0.25, 0.3) is 0 Å². The largest absolute Gasteiger partial charge is 0.479 e. The highest BCUT2D eigenvalue weighted by atomic mass is 32.3. The Bertz CT molecular complexity index is 2480. The summed E-state index contributed by atoms with van der Waals surface area (Å²) in [6, 6.07) is -4.96. The monoisotopic (exact) mass is 1190 g/mol. The predicted molar refractivity (Wildman–Crippen MR) is 218 cm³/mol. The molecule has 0 unspecified atom stereocenters. The quantitative estimate of drug-likeness (QED) is 0.0448. The van der Waals surface area contributed by atoms with Crippen molar-refractivity contribution in [2.75, 3.05) is 19.8 Å². The molecule has 1 amide bonds. The number of nitrogens with one attached hydrogen (secondary N) is 2. The van der Waals surface area contributed by atoms with Crippen molar-refractivity contribution in [1.82, 2.24) is 10.0 Å². The number of amides is 1. The van der Waals surface area contributed by atoms with Crippen LogP contribution in [0, 0.1) is 6.92 Å². The van der Waals surface area contributed by atoms with Crippen LogP contribution in [0.5, 0.6) is 0 Å².